The topological polar surface area (TPSA) is 99.6 Å². The summed E-state index contributed by atoms with van der Waals surface area (Å²) in [7, 11) is 4.30. The zero-order valence-corrected chi connectivity index (χ0v) is 15.1. The van der Waals surface area contributed by atoms with Crippen molar-refractivity contribution in [3.8, 4) is 5.75 Å². The fourth-order valence-electron chi connectivity index (χ4n) is 2.59. The number of ketones is 1. The first-order valence-electron chi connectivity index (χ1n) is 7.92. The number of nitrogens with zero attached hydrogens (tertiary/aromatic N) is 3. The van der Waals surface area contributed by atoms with Crippen LogP contribution in [0.15, 0.2) is 33.9 Å². The number of hydrogen-bond acceptors (Lipinski definition) is 6. The third-order valence-electron chi connectivity index (χ3n) is 4.00. The van der Waals surface area contributed by atoms with Gasteiger partial charge in [-0.05, 0) is 24.7 Å². The summed E-state index contributed by atoms with van der Waals surface area (Å²) in [5.41, 5.74) is 4.92. The van der Waals surface area contributed by atoms with E-state index in [1.807, 2.05) is 0 Å². The van der Waals surface area contributed by atoms with Crippen molar-refractivity contribution < 1.29 is 18.3 Å². The van der Waals surface area contributed by atoms with E-state index in [1.165, 1.54) is 26.2 Å². The Morgan fingerprint density at radius 1 is 1.19 bits per heavy atom. The van der Waals surface area contributed by atoms with Gasteiger partial charge in [-0.3, -0.25) is 23.6 Å². The summed E-state index contributed by atoms with van der Waals surface area (Å²) in [5, 5.41) is 0. The maximum absolute atomic E-state index is 12.5. The molecule has 0 atom stereocenters. The molecule has 0 unspecified atom stereocenters. The minimum absolute atomic E-state index is 0.0361. The number of carbonyl (C=O) groups excluding carboxylic acids is 1. The Morgan fingerprint density at radius 3 is 2.33 bits per heavy atom. The van der Waals surface area contributed by atoms with Gasteiger partial charge in [-0.25, -0.2) is 4.79 Å². The number of halogens is 2. The van der Waals surface area contributed by atoms with Crippen molar-refractivity contribution in [2.45, 2.75) is 13.2 Å². The zero-order chi connectivity index (χ0) is 20.3. The van der Waals surface area contributed by atoms with Crippen molar-refractivity contribution in [2.24, 2.45) is 14.1 Å². The highest BCUT2D eigenvalue weighted by Crippen LogP contribution is 2.16. The van der Waals surface area contributed by atoms with E-state index in [4.69, 9.17) is 5.73 Å². The van der Waals surface area contributed by atoms with E-state index in [-0.39, 0.29) is 23.7 Å². The van der Waals surface area contributed by atoms with E-state index in [0.29, 0.717) is 6.54 Å². The molecule has 1 aromatic carbocycles. The summed E-state index contributed by atoms with van der Waals surface area (Å²) >= 11 is 0. The molecule has 146 valence electrons. The molecule has 10 heteroatoms. The number of nitrogen functional groups attached to an aromatic ring is 1. The fourth-order valence-corrected chi connectivity index (χ4v) is 2.59. The molecular weight excluding hydrogens is 362 g/mol. The van der Waals surface area contributed by atoms with E-state index in [0.717, 1.165) is 14.7 Å². The first-order chi connectivity index (χ1) is 12.6. The van der Waals surface area contributed by atoms with E-state index >= 15 is 0 Å². The predicted octanol–water partition coefficient (Wildman–Crippen LogP) is 0.582. The highest BCUT2D eigenvalue weighted by molar-refractivity contribution is 6.01. The molecule has 8 nitrogen and oxygen atoms in total. The van der Waals surface area contributed by atoms with E-state index in [1.54, 1.807) is 24.1 Å². The maximum Gasteiger partial charge on any atom is 0.387 e. The number of ether oxygens (including phenoxy) is 1. The van der Waals surface area contributed by atoms with Gasteiger partial charge in [0, 0.05) is 20.6 Å². The van der Waals surface area contributed by atoms with Crippen molar-refractivity contribution in [1.82, 2.24) is 14.0 Å². The molecule has 0 fully saturated rings. The van der Waals surface area contributed by atoms with Gasteiger partial charge in [-0.1, -0.05) is 12.1 Å². The Morgan fingerprint density at radius 2 is 1.78 bits per heavy atom. The standard InChI is InChI=1S/C17H20F2N4O4/c1-21(8-10-4-6-11(7-5-10)27-16(18)19)9-12(24)13-14(20)22(2)17(26)23(3)15(13)25/h4-7,16H,8-9,20H2,1-3H3. The van der Waals surface area contributed by atoms with Gasteiger partial charge in [0.15, 0.2) is 5.78 Å². The highest BCUT2D eigenvalue weighted by atomic mass is 19.3. The van der Waals surface area contributed by atoms with E-state index < -0.39 is 23.6 Å². The molecule has 0 bridgehead atoms. The number of aromatic nitrogens is 2. The van der Waals surface area contributed by atoms with Crippen LogP contribution in [0.4, 0.5) is 14.6 Å². The first-order valence-corrected chi connectivity index (χ1v) is 7.92. The van der Waals surface area contributed by atoms with Gasteiger partial charge >= 0.3 is 12.3 Å². The van der Waals surface area contributed by atoms with Crippen LogP contribution in [0.1, 0.15) is 15.9 Å². The number of carbonyl (C=O) groups is 1. The zero-order valence-electron chi connectivity index (χ0n) is 15.1. The summed E-state index contributed by atoms with van der Waals surface area (Å²) in [6.45, 7) is -2.69. The smallest absolute Gasteiger partial charge is 0.387 e. The summed E-state index contributed by atoms with van der Waals surface area (Å²) < 4.78 is 30.5. The Balaban J connectivity index is 2.13. The third kappa shape index (κ3) is 4.59. The lowest BCUT2D eigenvalue weighted by atomic mass is 10.1. The molecule has 0 amide bonds. The number of rotatable bonds is 7. The van der Waals surface area contributed by atoms with Crippen LogP contribution in [-0.4, -0.2) is 40.0 Å². The molecule has 0 aliphatic carbocycles. The third-order valence-corrected chi connectivity index (χ3v) is 4.00. The van der Waals surface area contributed by atoms with Crippen LogP contribution in [0.25, 0.3) is 0 Å². The van der Waals surface area contributed by atoms with Gasteiger partial charge < -0.3 is 10.5 Å². The number of likely N-dealkylation sites (N-methyl/N-ethyl adjacent to an activating group) is 1. The lowest BCUT2D eigenvalue weighted by Crippen LogP contribution is -2.43. The SMILES string of the molecule is CN(CC(=O)c1c(N)n(C)c(=O)n(C)c1=O)Cc1ccc(OC(F)F)cc1. The lowest BCUT2D eigenvalue weighted by molar-refractivity contribution is -0.0498. The second-order valence-corrected chi connectivity index (χ2v) is 6.08. The Bertz CT molecular complexity index is 951. The van der Waals surface area contributed by atoms with Crippen LogP contribution in [-0.2, 0) is 20.6 Å². The number of anilines is 1. The molecule has 0 aliphatic rings. The van der Waals surface area contributed by atoms with Crippen LogP contribution in [0, 0.1) is 0 Å². The lowest BCUT2D eigenvalue weighted by Gasteiger charge is -2.17. The Kier molecular flexibility index (Phi) is 6.11. The van der Waals surface area contributed by atoms with Crippen molar-refractivity contribution >= 4 is 11.6 Å². The largest absolute Gasteiger partial charge is 0.435 e. The molecule has 0 aliphatic heterocycles. The quantitative estimate of drug-likeness (QED) is 0.704. The van der Waals surface area contributed by atoms with Crippen LogP contribution in [0.5, 0.6) is 5.75 Å². The molecule has 27 heavy (non-hydrogen) atoms. The van der Waals surface area contributed by atoms with Gasteiger partial charge in [0.2, 0.25) is 0 Å². The van der Waals surface area contributed by atoms with Gasteiger partial charge in [-0.2, -0.15) is 8.78 Å². The van der Waals surface area contributed by atoms with Gasteiger partial charge in [-0.15, -0.1) is 0 Å². The monoisotopic (exact) mass is 382 g/mol. The predicted molar refractivity (Wildman–Crippen MR) is 95.1 cm³/mol. The average molecular weight is 382 g/mol. The number of hydrogen-bond donors (Lipinski definition) is 1. The second-order valence-electron chi connectivity index (χ2n) is 6.08. The van der Waals surface area contributed by atoms with Crippen molar-refractivity contribution in [1.29, 1.82) is 0 Å². The van der Waals surface area contributed by atoms with Crippen LogP contribution in [0.2, 0.25) is 0 Å². The second kappa shape index (κ2) is 8.12. The van der Waals surface area contributed by atoms with Crippen molar-refractivity contribution in [2.75, 3.05) is 19.3 Å². The summed E-state index contributed by atoms with van der Waals surface area (Å²) in [5.74, 6) is -0.673. The van der Waals surface area contributed by atoms with Crippen molar-refractivity contribution in [3.63, 3.8) is 0 Å². The molecule has 1 aromatic heterocycles. The summed E-state index contributed by atoms with van der Waals surface area (Å²) in [6, 6.07) is 5.99. The van der Waals surface area contributed by atoms with Crippen LogP contribution in [0.3, 0.4) is 0 Å². The Hall–Kier alpha value is -3.01. The Labute approximate surface area is 153 Å². The van der Waals surface area contributed by atoms with E-state index in [9.17, 15) is 23.2 Å². The minimum atomic E-state index is -2.90. The fraction of sp³-hybridized carbons (Fsp3) is 0.353. The van der Waals surface area contributed by atoms with Gasteiger partial charge in [0.1, 0.15) is 17.1 Å². The summed E-state index contributed by atoms with van der Waals surface area (Å²) in [6.07, 6.45) is 0. The molecule has 0 saturated carbocycles. The van der Waals surface area contributed by atoms with Crippen molar-refractivity contribution in [3.05, 3.63) is 56.2 Å². The molecule has 0 saturated heterocycles. The molecule has 0 radical (unpaired) electrons. The number of Topliss-reactive ketones (excluding diaryl/α,β-unsaturated/α-hetero) is 1. The van der Waals surface area contributed by atoms with Gasteiger partial charge in [0.05, 0.1) is 6.54 Å². The number of benzene rings is 1. The number of nitrogens with two attached hydrogens (primary N) is 1. The molecule has 0 spiro atoms. The minimum Gasteiger partial charge on any atom is -0.435 e. The average Bonchev–Trinajstić information content (AvgIpc) is 2.59. The first kappa shape index (κ1) is 20.3. The molecule has 1 heterocycles. The molecule has 2 aromatic rings. The summed E-state index contributed by atoms with van der Waals surface area (Å²) in [4.78, 5) is 38.2. The number of alkyl halides is 2. The van der Waals surface area contributed by atoms with Crippen LogP contribution < -0.4 is 21.7 Å². The highest BCUT2D eigenvalue weighted by Gasteiger charge is 2.21. The van der Waals surface area contributed by atoms with Crippen LogP contribution >= 0.6 is 0 Å². The van der Waals surface area contributed by atoms with E-state index in [2.05, 4.69) is 4.74 Å². The molecular formula is C17H20F2N4O4. The maximum atomic E-state index is 12.5. The normalized spacial score (nSPS) is 11.2. The molecule has 2 rings (SSSR count). The molecule has 2 N–H and O–H groups in total. The van der Waals surface area contributed by atoms with Gasteiger partial charge in [0.25, 0.3) is 5.56 Å².